The molecule has 1 aromatic rings. The van der Waals surface area contributed by atoms with E-state index < -0.39 is 0 Å². The zero-order valence-corrected chi connectivity index (χ0v) is 9.23. The Morgan fingerprint density at radius 1 is 1.41 bits per heavy atom. The van der Waals surface area contributed by atoms with E-state index in [9.17, 15) is 4.79 Å². The SMILES string of the molecule is N#CCCCNC(=O)c1ccc2c(c1)OCO2. The molecule has 5 nitrogen and oxygen atoms in total. The fraction of sp³-hybridized carbons (Fsp3) is 0.333. The van der Waals surface area contributed by atoms with Gasteiger partial charge in [0.2, 0.25) is 6.79 Å². The van der Waals surface area contributed by atoms with E-state index in [-0.39, 0.29) is 12.7 Å². The number of carbonyl (C=O) groups is 1. The second-order valence-electron chi connectivity index (χ2n) is 3.59. The van der Waals surface area contributed by atoms with E-state index in [4.69, 9.17) is 14.7 Å². The summed E-state index contributed by atoms with van der Waals surface area (Å²) in [7, 11) is 0. The molecule has 0 radical (unpaired) electrons. The number of nitrogens with zero attached hydrogens (tertiary/aromatic N) is 1. The van der Waals surface area contributed by atoms with Crippen molar-refractivity contribution in [3.8, 4) is 17.6 Å². The fourth-order valence-corrected chi connectivity index (χ4v) is 1.51. The normalized spacial score (nSPS) is 11.9. The number of hydrogen-bond acceptors (Lipinski definition) is 4. The molecule has 1 N–H and O–H groups in total. The summed E-state index contributed by atoms with van der Waals surface area (Å²) in [6, 6.07) is 7.08. The van der Waals surface area contributed by atoms with Crippen molar-refractivity contribution in [1.82, 2.24) is 5.32 Å². The number of nitrogens with one attached hydrogen (secondary N) is 1. The molecule has 0 saturated heterocycles. The zero-order chi connectivity index (χ0) is 12.1. The van der Waals surface area contributed by atoms with E-state index in [1.807, 2.05) is 6.07 Å². The van der Waals surface area contributed by atoms with Crippen LogP contribution in [0.1, 0.15) is 23.2 Å². The summed E-state index contributed by atoms with van der Waals surface area (Å²) in [5.74, 6) is 1.09. The molecule has 0 bridgehead atoms. The number of carbonyl (C=O) groups excluding carboxylic acids is 1. The van der Waals surface area contributed by atoms with Gasteiger partial charge in [-0.1, -0.05) is 0 Å². The lowest BCUT2D eigenvalue weighted by molar-refractivity contribution is 0.0953. The molecule has 0 unspecified atom stereocenters. The van der Waals surface area contributed by atoms with Crippen molar-refractivity contribution in [3.05, 3.63) is 23.8 Å². The summed E-state index contributed by atoms with van der Waals surface area (Å²) in [6.07, 6.45) is 1.11. The Kier molecular flexibility index (Phi) is 3.46. The summed E-state index contributed by atoms with van der Waals surface area (Å²) >= 11 is 0. The van der Waals surface area contributed by atoms with Crippen LogP contribution in [-0.2, 0) is 0 Å². The smallest absolute Gasteiger partial charge is 0.251 e. The first-order valence-electron chi connectivity index (χ1n) is 5.36. The number of hydrogen-bond donors (Lipinski definition) is 1. The van der Waals surface area contributed by atoms with E-state index in [0.29, 0.717) is 36.4 Å². The molecule has 88 valence electrons. The minimum Gasteiger partial charge on any atom is -0.454 e. The lowest BCUT2D eigenvalue weighted by Gasteiger charge is -2.04. The van der Waals surface area contributed by atoms with Crippen molar-refractivity contribution < 1.29 is 14.3 Å². The quantitative estimate of drug-likeness (QED) is 0.797. The molecule has 1 amide bonds. The van der Waals surface area contributed by atoms with Crippen molar-refractivity contribution in [3.63, 3.8) is 0 Å². The van der Waals surface area contributed by atoms with Crippen molar-refractivity contribution in [2.75, 3.05) is 13.3 Å². The van der Waals surface area contributed by atoms with Crippen LogP contribution >= 0.6 is 0 Å². The van der Waals surface area contributed by atoms with Crippen LogP contribution in [-0.4, -0.2) is 19.2 Å². The fourth-order valence-electron chi connectivity index (χ4n) is 1.51. The van der Waals surface area contributed by atoms with Crippen LogP contribution in [0.4, 0.5) is 0 Å². The Labute approximate surface area is 98.9 Å². The van der Waals surface area contributed by atoms with Gasteiger partial charge in [-0.3, -0.25) is 4.79 Å². The van der Waals surface area contributed by atoms with E-state index in [1.165, 1.54) is 0 Å². The van der Waals surface area contributed by atoms with Gasteiger partial charge in [0.25, 0.3) is 5.91 Å². The van der Waals surface area contributed by atoms with Crippen LogP contribution in [0, 0.1) is 11.3 Å². The molecule has 0 atom stereocenters. The molecule has 0 fully saturated rings. The van der Waals surface area contributed by atoms with Crippen molar-refractivity contribution in [2.24, 2.45) is 0 Å². The molecular weight excluding hydrogens is 220 g/mol. The average molecular weight is 232 g/mol. The monoisotopic (exact) mass is 232 g/mol. The molecule has 0 aromatic heterocycles. The number of benzene rings is 1. The number of rotatable bonds is 4. The molecule has 0 spiro atoms. The van der Waals surface area contributed by atoms with E-state index in [0.717, 1.165) is 0 Å². The van der Waals surface area contributed by atoms with Gasteiger partial charge in [0, 0.05) is 18.5 Å². The van der Waals surface area contributed by atoms with Crippen molar-refractivity contribution >= 4 is 5.91 Å². The maximum Gasteiger partial charge on any atom is 0.251 e. The second-order valence-corrected chi connectivity index (χ2v) is 3.59. The van der Waals surface area contributed by atoms with Gasteiger partial charge < -0.3 is 14.8 Å². The van der Waals surface area contributed by atoms with Gasteiger partial charge in [-0.05, 0) is 24.6 Å². The highest BCUT2D eigenvalue weighted by atomic mass is 16.7. The lowest BCUT2D eigenvalue weighted by Crippen LogP contribution is -2.24. The predicted octanol–water partition coefficient (Wildman–Crippen LogP) is 1.45. The van der Waals surface area contributed by atoms with Crippen LogP contribution in [0.2, 0.25) is 0 Å². The molecule has 1 aromatic carbocycles. The molecule has 1 heterocycles. The Morgan fingerprint density at radius 3 is 3.06 bits per heavy atom. The summed E-state index contributed by atoms with van der Waals surface area (Å²) in [4.78, 5) is 11.7. The Hall–Kier alpha value is -2.22. The van der Waals surface area contributed by atoms with Crippen LogP contribution in [0.15, 0.2) is 18.2 Å². The molecule has 0 aliphatic carbocycles. The summed E-state index contributed by atoms with van der Waals surface area (Å²) in [5, 5.41) is 11.1. The van der Waals surface area contributed by atoms with Crippen LogP contribution in [0.5, 0.6) is 11.5 Å². The highest BCUT2D eigenvalue weighted by molar-refractivity contribution is 5.94. The maximum atomic E-state index is 11.7. The molecule has 0 saturated carbocycles. The molecule has 5 heteroatoms. The highest BCUT2D eigenvalue weighted by Gasteiger charge is 2.15. The standard InChI is InChI=1S/C12H12N2O3/c13-5-1-2-6-14-12(15)9-3-4-10-11(7-9)17-8-16-10/h3-4,7H,1-2,6,8H2,(H,14,15). The Balaban J connectivity index is 1.93. The number of nitriles is 1. The number of fused-ring (bicyclic) bond motifs is 1. The van der Waals surface area contributed by atoms with Crippen LogP contribution < -0.4 is 14.8 Å². The first kappa shape index (κ1) is 11.3. The van der Waals surface area contributed by atoms with Gasteiger partial charge in [-0.2, -0.15) is 5.26 Å². The van der Waals surface area contributed by atoms with Gasteiger partial charge in [0.1, 0.15) is 0 Å². The van der Waals surface area contributed by atoms with Gasteiger partial charge in [-0.25, -0.2) is 0 Å². The molecular formula is C12H12N2O3. The minimum atomic E-state index is -0.166. The third kappa shape index (κ3) is 2.67. The van der Waals surface area contributed by atoms with E-state index >= 15 is 0 Å². The third-order valence-corrected chi connectivity index (χ3v) is 2.39. The molecule has 2 rings (SSSR count). The first-order chi connectivity index (χ1) is 8.31. The number of unbranched alkanes of at least 4 members (excludes halogenated alkanes) is 1. The first-order valence-corrected chi connectivity index (χ1v) is 5.36. The zero-order valence-electron chi connectivity index (χ0n) is 9.23. The number of ether oxygens (including phenoxy) is 2. The van der Waals surface area contributed by atoms with Crippen molar-refractivity contribution in [1.29, 1.82) is 5.26 Å². The molecule has 1 aliphatic heterocycles. The largest absolute Gasteiger partial charge is 0.454 e. The topological polar surface area (TPSA) is 71.4 Å². The van der Waals surface area contributed by atoms with Gasteiger partial charge in [-0.15, -0.1) is 0 Å². The van der Waals surface area contributed by atoms with Gasteiger partial charge in [0.15, 0.2) is 11.5 Å². The summed E-state index contributed by atoms with van der Waals surface area (Å²) in [6.45, 7) is 0.698. The third-order valence-electron chi connectivity index (χ3n) is 2.39. The molecule has 1 aliphatic rings. The summed E-state index contributed by atoms with van der Waals surface area (Å²) < 4.78 is 10.3. The van der Waals surface area contributed by atoms with Crippen LogP contribution in [0.3, 0.4) is 0 Å². The maximum absolute atomic E-state index is 11.7. The lowest BCUT2D eigenvalue weighted by atomic mass is 10.2. The Bertz CT molecular complexity index is 465. The highest BCUT2D eigenvalue weighted by Crippen LogP contribution is 2.32. The van der Waals surface area contributed by atoms with E-state index in [1.54, 1.807) is 18.2 Å². The van der Waals surface area contributed by atoms with Crippen LogP contribution in [0.25, 0.3) is 0 Å². The van der Waals surface area contributed by atoms with Gasteiger partial charge >= 0.3 is 0 Å². The van der Waals surface area contributed by atoms with Crippen molar-refractivity contribution in [2.45, 2.75) is 12.8 Å². The Morgan fingerprint density at radius 2 is 2.24 bits per heavy atom. The number of amides is 1. The minimum absolute atomic E-state index is 0.166. The van der Waals surface area contributed by atoms with E-state index in [2.05, 4.69) is 5.32 Å². The summed E-state index contributed by atoms with van der Waals surface area (Å²) in [5.41, 5.74) is 0.534. The predicted molar refractivity (Wildman–Crippen MR) is 59.7 cm³/mol. The molecule has 17 heavy (non-hydrogen) atoms. The second kappa shape index (κ2) is 5.21. The van der Waals surface area contributed by atoms with Gasteiger partial charge in [0.05, 0.1) is 6.07 Å². The average Bonchev–Trinajstić information content (AvgIpc) is 2.81.